The van der Waals surface area contributed by atoms with Crippen molar-refractivity contribution < 1.29 is 18.3 Å². The van der Waals surface area contributed by atoms with Crippen molar-refractivity contribution in [3.63, 3.8) is 0 Å². The number of methoxy groups -OCH3 is 1. The number of H-pyrrole nitrogens is 1. The zero-order valence-electron chi connectivity index (χ0n) is 10.1. The van der Waals surface area contributed by atoms with Crippen LogP contribution in [0.3, 0.4) is 0 Å². The molecule has 0 spiro atoms. The number of hydrogen-bond acceptors (Lipinski definition) is 5. The third-order valence-corrected chi connectivity index (χ3v) is 3.83. The Bertz CT molecular complexity index is 666. The average molecular weight is 283 g/mol. The van der Waals surface area contributed by atoms with E-state index in [9.17, 15) is 8.42 Å². The highest BCUT2D eigenvalue weighted by atomic mass is 32.2. The predicted molar refractivity (Wildman–Crippen MR) is 68.3 cm³/mol. The van der Waals surface area contributed by atoms with E-state index in [0.717, 1.165) is 0 Å². The fourth-order valence-electron chi connectivity index (χ4n) is 1.54. The van der Waals surface area contributed by atoms with Crippen molar-refractivity contribution in [2.75, 3.05) is 11.8 Å². The number of hydrogen-bond donors (Lipinski definition) is 3. The van der Waals surface area contributed by atoms with Crippen molar-refractivity contribution in [3.05, 3.63) is 36.0 Å². The highest BCUT2D eigenvalue weighted by Gasteiger charge is 2.20. The molecule has 8 heteroatoms. The summed E-state index contributed by atoms with van der Waals surface area (Å²) in [6.07, 6.45) is 1.26. The molecule has 0 aliphatic rings. The molecule has 0 aliphatic carbocycles. The number of aromatic amines is 1. The summed E-state index contributed by atoms with van der Waals surface area (Å²) < 4.78 is 31.6. The highest BCUT2D eigenvalue weighted by Crippen LogP contribution is 2.21. The Hall–Kier alpha value is -2.06. The van der Waals surface area contributed by atoms with Gasteiger partial charge < -0.3 is 9.84 Å². The van der Waals surface area contributed by atoms with E-state index in [-0.39, 0.29) is 10.6 Å². The molecule has 0 saturated carbocycles. The van der Waals surface area contributed by atoms with E-state index in [2.05, 4.69) is 14.9 Å². The molecular weight excluding hydrogens is 270 g/mol. The number of rotatable bonds is 5. The van der Waals surface area contributed by atoms with E-state index in [4.69, 9.17) is 9.84 Å². The molecule has 2 aromatic rings. The third kappa shape index (κ3) is 2.85. The third-order valence-electron chi connectivity index (χ3n) is 2.44. The number of nitrogens with zero attached hydrogens (tertiary/aromatic N) is 1. The monoisotopic (exact) mass is 283 g/mol. The zero-order chi connectivity index (χ0) is 13.9. The number of benzene rings is 1. The number of ether oxygens (including phenoxy) is 1. The summed E-state index contributed by atoms with van der Waals surface area (Å²) in [6, 6.07) is 6.51. The van der Waals surface area contributed by atoms with Crippen LogP contribution in [-0.4, -0.2) is 30.8 Å². The van der Waals surface area contributed by atoms with Crippen LogP contribution in [0.1, 0.15) is 5.56 Å². The molecular formula is C11H13N3O4S. The van der Waals surface area contributed by atoms with Crippen molar-refractivity contribution in [3.8, 4) is 5.75 Å². The molecule has 0 radical (unpaired) electrons. The van der Waals surface area contributed by atoms with E-state index in [1.807, 2.05) is 0 Å². The normalized spacial score (nSPS) is 11.3. The molecule has 0 saturated heterocycles. The van der Waals surface area contributed by atoms with E-state index >= 15 is 0 Å². The lowest BCUT2D eigenvalue weighted by molar-refractivity contribution is 0.278. The van der Waals surface area contributed by atoms with Crippen molar-refractivity contribution >= 4 is 15.7 Å². The van der Waals surface area contributed by atoms with E-state index in [1.165, 1.54) is 13.3 Å². The number of sulfonamides is 1. The summed E-state index contributed by atoms with van der Waals surface area (Å²) in [5.41, 5.74) is 0.563. The van der Waals surface area contributed by atoms with Gasteiger partial charge in [-0.2, -0.15) is 13.5 Å². The molecule has 19 heavy (non-hydrogen) atoms. The van der Waals surface area contributed by atoms with Gasteiger partial charge in [0.1, 0.15) is 5.75 Å². The van der Waals surface area contributed by atoms with Crippen molar-refractivity contribution in [2.24, 2.45) is 0 Å². The molecule has 0 fully saturated rings. The van der Waals surface area contributed by atoms with Crippen molar-refractivity contribution in [1.82, 2.24) is 10.2 Å². The van der Waals surface area contributed by atoms with E-state index < -0.39 is 16.6 Å². The predicted octanol–water partition coefficient (Wildman–Crippen LogP) is 0.711. The molecule has 0 bridgehead atoms. The van der Waals surface area contributed by atoms with Gasteiger partial charge in [0, 0.05) is 11.6 Å². The fourth-order valence-corrected chi connectivity index (χ4v) is 2.71. The van der Waals surface area contributed by atoms with E-state index in [0.29, 0.717) is 11.4 Å². The Morgan fingerprint density at radius 1 is 1.47 bits per heavy atom. The Balaban J connectivity index is 2.31. The Kier molecular flexibility index (Phi) is 3.72. The molecule has 7 nitrogen and oxygen atoms in total. The standard InChI is InChI=1S/C11H13N3O4S/c1-18-10-4-2-3-9(5-10)14-19(16,17)11-8(7-15)6-12-13-11/h2-6,14-15H,7H2,1H3,(H,12,13). The van der Waals surface area contributed by atoms with Gasteiger partial charge in [-0.15, -0.1) is 0 Å². The molecule has 102 valence electrons. The average Bonchev–Trinajstić information content (AvgIpc) is 2.87. The maximum Gasteiger partial charge on any atom is 0.279 e. The van der Waals surface area contributed by atoms with Gasteiger partial charge in [-0.25, -0.2) is 0 Å². The first-order chi connectivity index (χ1) is 9.06. The van der Waals surface area contributed by atoms with Gasteiger partial charge >= 0.3 is 0 Å². The minimum Gasteiger partial charge on any atom is -0.497 e. The maximum atomic E-state index is 12.1. The van der Waals surface area contributed by atoms with Crippen LogP contribution in [0.15, 0.2) is 35.5 Å². The largest absolute Gasteiger partial charge is 0.497 e. The number of aliphatic hydroxyl groups excluding tert-OH is 1. The van der Waals surface area contributed by atoms with Crippen LogP contribution in [0.5, 0.6) is 5.75 Å². The SMILES string of the molecule is COc1cccc(NS(=O)(=O)c2[nH]ncc2CO)c1. The summed E-state index contributed by atoms with van der Waals surface area (Å²) in [4.78, 5) is 0. The van der Waals surface area contributed by atoms with Crippen LogP contribution in [0.4, 0.5) is 5.69 Å². The summed E-state index contributed by atoms with van der Waals surface area (Å²) in [5.74, 6) is 0.534. The summed E-state index contributed by atoms with van der Waals surface area (Å²) >= 11 is 0. The first-order valence-electron chi connectivity index (χ1n) is 5.37. The lowest BCUT2D eigenvalue weighted by Crippen LogP contribution is -2.15. The Morgan fingerprint density at radius 3 is 2.95 bits per heavy atom. The van der Waals surface area contributed by atoms with Crippen LogP contribution in [0, 0.1) is 0 Å². The van der Waals surface area contributed by atoms with E-state index in [1.54, 1.807) is 24.3 Å². The lowest BCUT2D eigenvalue weighted by Gasteiger charge is -2.08. The number of aromatic nitrogens is 2. The number of nitrogens with one attached hydrogen (secondary N) is 2. The minimum atomic E-state index is -3.82. The topological polar surface area (TPSA) is 104 Å². The van der Waals surface area contributed by atoms with Crippen molar-refractivity contribution in [2.45, 2.75) is 11.6 Å². The van der Waals surface area contributed by atoms with Gasteiger partial charge in [0.2, 0.25) is 0 Å². The quantitative estimate of drug-likeness (QED) is 0.749. The molecule has 0 unspecified atom stereocenters. The molecule has 0 amide bonds. The second-order valence-electron chi connectivity index (χ2n) is 3.72. The smallest absolute Gasteiger partial charge is 0.279 e. The van der Waals surface area contributed by atoms with Gasteiger partial charge in [0.15, 0.2) is 5.03 Å². The summed E-state index contributed by atoms with van der Waals surface area (Å²) in [5, 5.41) is 14.9. The molecule has 0 aliphatic heterocycles. The molecule has 1 aromatic heterocycles. The second kappa shape index (κ2) is 5.29. The number of aliphatic hydroxyl groups is 1. The molecule has 0 atom stereocenters. The van der Waals surface area contributed by atoms with Crippen LogP contribution in [0.25, 0.3) is 0 Å². The van der Waals surface area contributed by atoms with Crippen molar-refractivity contribution in [1.29, 1.82) is 0 Å². The lowest BCUT2D eigenvalue weighted by atomic mass is 10.3. The van der Waals surface area contributed by atoms with Gasteiger partial charge in [0.25, 0.3) is 10.0 Å². The molecule has 2 rings (SSSR count). The first kappa shape index (κ1) is 13.4. The molecule has 3 N–H and O–H groups in total. The zero-order valence-corrected chi connectivity index (χ0v) is 10.9. The highest BCUT2D eigenvalue weighted by molar-refractivity contribution is 7.92. The van der Waals surface area contributed by atoms with Gasteiger partial charge in [-0.3, -0.25) is 9.82 Å². The number of anilines is 1. The molecule has 1 heterocycles. The Labute approximate surface area is 110 Å². The van der Waals surface area contributed by atoms with Gasteiger partial charge in [-0.05, 0) is 12.1 Å². The van der Waals surface area contributed by atoms with Gasteiger partial charge in [-0.1, -0.05) is 6.07 Å². The minimum absolute atomic E-state index is 0.155. The summed E-state index contributed by atoms with van der Waals surface area (Å²) in [7, 11) is -2.33. The van der Waals surface area contributed by atoms with Crippen LogP contribution in [-0.2, 0) is 16.6 Å². The van der Waals surface area contributed by atoms with Crippen LogP contribution >= 0.6 is 0 Å². The maximum absolute atomic E-state index is 12.1. The Morgan fingerprint density at radius 2 is 2.26 bits per heavy atom. The second-order valence-corrected chi connectivity index (χ2v) is 5.34. The molecule has 1 aromatic carbocycles. The van der Waals surface area contributed by atoms with Gasteiger partial charge in [0.05, 0.1) is 25.6 Å². The van der Waals surface area contributed by atoms with Crippen LogP contribution in [0.2, 0.25) is 0 Å². The first-order valence-corrected chi connectivity index (χ1v) is 6.85. The van der Waals surface area contributed by atoms with Crippen LogP contribution < -0.4 is 9.46 Å². The summed E-state index contributed by atoms with van der Waals surface area (Å²) in [6.45, 7) is -0.412. The fraction of sp³-hybridized carbons (Fsp3) is 0.182.